The molecular formula is C22H18BrN3O4. The third-order valence-electron chi connectivity index (χ3n) is 4.41. The topological polar surface area (TPSA) is 92.6 Å². The zero-order chi connectivity index (χ0) is 21.7. The van der Waals surface area contributed by atoms with E-state index >= 15 is 0 Å². The van der Waals surface area contributed by atoms with E-state index in [4.69, 9.17) is 0 Å². The molecule has 0 aliphatic heterocycles. The zero-order valence-electron chi connectivity index (χ0n) is 16.0. The summed E-state index contributed by atoms with van der Waals surface area (Å²) in [6, 6.07) is 20.0. The molecule has 0 aromatic heterocycles. The lowest BCUT2D eigenvalue weighted by Gasteiger charge is -2.19. The first-order valence-corrected chi connectivity index (χ1v) is 9.80. The molecule has 152 valence electrons. The molecule has 3 aromatic carbocycles. The van der Waals surface area contributed by atoms with Crippen molar-refractivity contribution in [2.24, 2.45) is 0 Å². The molecule has 0 radical (unpaired) electrons. The van der Waals surface area contributed by atoms with Gasteiger partial charge in [-0.15, -0.1) is 0 Å². The van der Waals surface area contributed by atoms with Crippen LogP contribution < -0.4 is 10.2 Å². The fraction of sp³-hybridized carbons (Fsp3) is 0.0909. The summed E-state index contributed by atoms with van der Waals surface area (Å²) >= 11 is 3.36. The van der Waals surface area contributed by atoms with Crippen LogP contribution in [0.5, 0.6) is 0 Å². The van der Waals surface area contributed by atoms with Gasteiger partial charge in [0.1, 0.15) is 5.69 Å². The largest absolute Gasteiger partial charge is 0.360 e. The Kier molecular flexibility index (Phi) is 6.58. The average Bonchev–Trinajstić information content (AvgIpc) is 2.75. The van der Waals surface area contributed by atoms with Gasteiger partial charge in [0, 0.05) is 28.7 Å². The maximum absolute atomic E-state index is 12.6. The highest BCUT2D eigenvalue weighted by Crippen LogP contribution is 2.29. The molecule has 0 unspecified atom stereocenters. The van der Waals surface area contributed by atoms with Gasteiger partial charge in [0.05, 0.1) is 17.2 Å². The van der Waals surface area contributed by atoms with Gasteiger partial charge in [-0.2, -0.15) is 0 Å². The number of anilines is 2. The molecule has 1 N–H and O–H groups in total. The summed E-state index contributed by atoms with van der Waals surface area (Å²) in [5.74, 6) is -0.636. The number of nitro benzene ring substituents is 1. The fourth-order valence-electron chi connectivity index (χ4n) is 2.94. The minimum absolute atomic E-state index is 0.103. The van der Waals surface area contributed by atoms with Gasteiger partial charge in [-0.1, -0.05) is 42.5 Å². The highest BCUT2D eigenvalue weighted by Gasteiger charge is 2.22. The van der Waals surface area contributed by atoms with Gasteiger partial charge in [0.2, 0.25) is 5.91 Å². The normalized spacial score (nSPS) is 10.3. The predicted octanol–water partition coefficient (Wildman–Crippen LogP) is 4.66. The number of hydrogen-bond acceptors (Lipinski definition) is 5. The van der Waals surface area contributed by atoms with Crippen molar-refractivity contribution >= 4 is 44.7 Å². The summed E-state index contributed by atoms with van der Waals surface area (Å²) in [4.78, 5) is 37.5. The van der Waals surface area contributed by atoms with Crippen LogP contribution in [0.1, 0.15) is 15.9 Å². The Morgan fingerprint density at radius 2 is 1.67 bits per heavy atom. The zero-order valence-corrected chi connectivity index (χ0v) is 17.6. The summed E-state index contributed by atoms with van der Waals surface area (Å²) in [6.45, 7) is -0.103. The molecule has 0 fully saturated rings. The van der Waals surface area contributed by atoms with E-state index in [1.807, 2.05) is 6.07 Å². The molecule has 0 aliphatic carbocycles. The number of likely N-dealkylation sites (N-methyl/N-ethyl adjacent to an activating group) is 1. The van der Waals surface area contributed by atoms with E-state index in [1.165, 1.54) is 23.1 Å². The molecule has 1 amide bonds. The van der Waals surface area contributed by atoms with Crippen LogP contribution in [-0.2, 0) is 4.79 Å². The van der Waals surface area contributed by atoms with Gasteiger partial charge in [0.15, 0.2) is 5.78 Å². The summed E-state index contributed by atoms with van der Waals surface area (Å²) in [7, 11) is 1.58. The van der Waals surface area contributed by atoms with Gasteiger partial charge in [-0.05, 0) is 40.2 Å². The Balaban J connectivity index is 1.81. The number of carbonyl (C=O) groups is 2. The molecule has 3 rings (SSSR count). The minimum atomic E-state index is -0.556. The monoisotopic (exact) mass is 467 g/mol. The molecule has 0 atom stereocenters. The van der Waals surface area contributed by atoms with Crippen LogP contribution in [-0.4, -0.2) is 30.2 Å². The number of nitrogens with zero attached hydrogens (tertiary/aromatic N) is 2. The van der Waals surface area contributed by atoms with Crippen LogP contribution >= 0.6 is 15.9 Å². The molecule has 8 heteroatoms. The number of rotatable bonds is 7. The van der Waals surface area contributed by atoms with Crippen molar-refractivity contribution in [2.45, 2.75) is 0 Å². The summed E-state index contributed by atoms with van der Waals surface area (Å²) in [5.41, 5.74) is 1.26. The second kappa shape index (κ2) is 9.32. The lowest BCUT2D eigenvalue weighted by atomic mass is 10.0. The fourth-order valence-corrected chi connectivity index (χ4v) is 3.33. The summed E-state index contributed by atoms with van der Waals surface area (Å²) in [6.07, 6.45) is 0. The molecule has 30 heavy (non-hydrogen) atoms. The van der Waals surface area contributed by atoms with Gasteiger partial charge < -0.3 is 10.2 Å². The lowest BCUT2D eigenvalue weighted by Crippen LogP contribution is -2.30. The third kappa shape index (κ3) is 4.90. The number of benzene rings is 3. The smallest absolute Gasteiger partial charge is 0.293 e. The predicted molar refractivity (Wildman–Crippen MR) is 119 cm³/mol. The van der Waals surface area contributed by atoms with E-state index in [2.05, 4.69) is 21.2 Å². The Morgan fingerprint density at radius 1 is 1.00 bits per heavy atom. The first kappa shape index (κ1) is 21.2. The minimum Gasteiger partial charge on any atom is -0.360 e. The van der Waals surface area contributed by atoms with Crippen molar-refractivity contribution in [1.29, 1.82) is 0 Å². The van der Waals surface area contributed by atoms with E-state index in [0.29, 0.717) is 11.3 Å². The highest BCUT2D eigenvalue weighted by atomic mass is 79.9. The number of nitro groups is 1. The first-order chi connectivity index (χ1) is 14.4. The number of halogens is 1. The van der Waals surface area contributed by atoms with Gasteiger partial charge in [-0.3, -0.25) is 19.7 Å². The molecular weight excluding hydrogens is 450 g/mol. The molecule has 7 nitrogen and oxygen atoms in total. The van der Waals surface area contributed by atoms with E-state index in [0.717, 1.165) is 4.47 Å². The van der Waals surface area contributed by atoms with Gasteiger partial charge in [0.25, 0.3) is 5.69 Å². The molecule has 0 aliphatic rings. The van der Waals surface area contributed by atoms with Crippen LogP contribution in [0.4, 0.5) is 17.1 Å². The standard InChI is InChI=1S/C22H18BrN3O4/c1-25(14-21(27)24-18-10-6-5-9-17(18)23)19-12-11-16(13-20(19)26(29)30)22(28)15-7-3-2-4-8-15/h2-13H,14H2,1H3,(H,24,27). The quantitative estimate of drug-likeness (QED) is 0.309. The molecule has 0 spiro atoms. The third-order valence-corrected chi connectivity index (χ3v) is 5.10. The molecule has 0 saturated heterocycles. The summed E-state index contributed by atoms with van der Waals surface area (Å²) < 4.78 is 0.732. The van der Waals surface area contributed by atoms with E-state index < -0.39 is 4.92 Å². The van der Waals surface area contributed by atoms with Crippen molar-refractivity contribution in [3.8, 4) is 0 Å². The van der Waals surface area contributed by atoms with E-state index in [9.17, 15) is 19.7 Å². The van der Waals surface area contributed by atoms with Crippen LogP contribution in [0.2, 0.25) is 0 Å². The second-order valence-electron chi connectivity index (χ2n) is 6.54. The van der Waals surface area contributed by atoms with E-state index in [1.54, 1.807) is 55.6 Å². The van der Waals surface area contributed by atoms with Crippen LogP contribution in [0.3, 0.4) is 0 Å². The van der Waals surface area contributed by atoms with Crippen LogP contribution in [0, 0.1) is 10.1 Å². The molecule has 0 bridgehead atoms. The second-order valence-corrected chi connectivity index (χ2v) is 7.39. The first-order valence-electron chi connectivity index (χ1n) is 9.00. The SMILES string of the molecule is CN(CC(=O)Nc1ccccc1Br)c1ccc(C(=O)c2ccccc2)cc1[N+](=O)[O-]. The number of hydrogen-bond donors (Lipinski definition) is 1. The molecule has 0 heterocycles. The Labute approximate surface area is 181 Å². The lowest BCUT2D eigenvalue weighted by molar-refractivity contribution is -0.384. The van der Waals surface area contributed by atoms with Crippen molar-refractivity contribution in [1.82, 2.24) is 0 Å². The summed E-state index contributed by atoms with van der Waals surface area (Å²) in [5, 5.41) is 14.4. The van der Waals surface area contributed by atoms with Crippen LogP contribution in [0.15, 0.2) is 77.3 Å². The molecule has 3 aromatic rings. The maximum Gasteiger partial charge on any atom is 0.293 e. The van der Waals surface area contributed by atoms with Crippen molar-refractivity contribution < 1.29 is 14.5 Å². The number of nitrogens with one attached hydrogen (secondary N) is 1. The van der Waals surface area contributed by atoms with E-state index in [-0.39, 0.29) is 35.2 Å². The maximum atomic E-state index is 12.6. The average molecular weight is 468 g/mol. The van der Waals surface area contributed by atoms with Crippen LogP contribution in [0.25, 0.3) is 0 Å². The Hall–Kier alpha value is -3.52. The number of para-hydroxylation sites is 1. The number of carbonyl (C=O) groups excluding carboxylic acids is 2. The van der Waals surface area contributed by atoms with Gasteiger partial charge >= 0.3 is 0 Å². The Bertz CT molecular complexity index is 1100. The highest BCUT2D eigenvalue weighted by molar-refractivity contribution is 9.10. The number of amides is 1. The van der Waals surface area contributed by atoms with Crippen molar-refractivity contribution in [3.05, 3.63) is 98.5 Å². The molecule has 0 saturated carbocycles. The van der Waals surface area contributed by atoms with Crippen molar-refractivity contribution in [3.63, 3.8) is 0 Å². The Morgan fingerprint density at radius 3 is 2.33 bits per heavy atom. The van der Waals surface area contributed by atoms with Crippen molar-refractivity contribution in [2.75, 3.05) is 23.8 Å². The van der Waals surface area contributed by atoms with Gasteiger partial charge in [-0.25, -0.2) is 0 Å². The number of ketones is 1.